The van der Waals surface area contributed by atoms with Crippen molar-refractivity contribution in [3.8, 4) is 0 Å². The van der Waals surface area contributed by atoms with Crippen molar-refractivity contribution >= 4 is 24.2 Å². The monoisotopic (exact) mass is 308 g/mol. The molecule has 0 saturated carbocycles. The minimum absolute atomic E-state index is 0.293. The zero-order valence-corrected chi connectivity index (χ0v) is 15.1. The van der Waals surface area contributed by atoms with E-state index in [1.54, 1.807) is 13.8 Å². The third-order valence-corrected chi connectivity index (χ3v) is 11.6. The predicted octanol–water partition coefficient (Wildman–Crippen LogP) is 3.34. The second kappa shape index (κ2) is 6.50. The molecule has 0 aromatic carbocycles. The van der Waals surface area contributed by atoms with Crippen molar-refractivity contribution in [3.05, 3.63) is 0 Å². The van der Waals surface area contributed by atoms with Gasteiger partial charge in [0.15, 0.2) is 5.78 Å². The third-order valence-electron chi connectivity index (χ3n) is 3.96. The smallest absolute Gasteiger partial charge is 0.270 e. The molecule has 0 radical (unpaired) electrons. The number of hydrogen-bond donors (Lipinski definition) is 0. The number of Topliss-reactive ketones (excluding diaryl/α,β-unsaturated/α-hetero) is 1. The van der Waals surface area contributed by atoms with Crippen molar-refractivity contribution in [1.82, 2.24) is 0 Å². The van der Waals surface area contributed by atoms with Gasteiger partial charge in [-0.1, -0.05) is 34.6 Å². The summed E-state index contributed by atoms with van der Waals surface area (Å²) in [6, 6.07) is 2.22. The molecule has 0 aromatic rings. The molecular weight excluding hydrogens is 280 g/mol. The molecule has 6 heteroatoms. The molecule has 114 valence electrons. The Balaban J connectivity index is 5.46. The fourth-order valence-electron chi connectivity index (χ4n) is 2.08. The predicted molar refractivity (Wildman–Crippen MR) is 81.1 cm³/mol. The lowest BCUT2D eigenvalue weighted by Crippen LogP contribution is -2.49. The molecule has 0 aromatic heterocycles. The van der Waals surface area contributed by atoms with Crippen molar-refractivity contribution in [3.63, 3.8) is 0 Å². The Bertz CT molecular complexity index is 400. The van der Waals surface area contributed by atoms with Gasteiger partial charge in [-0.05, 0) is 32.0 Å². The van der Waals surface area contributed by atoms with Crippen LogP contribution in [0.25, 0.3) is 0 Å². The molecule has 4 nitrogen and oxygen atoms in total. The maximum atomic E-state index is 12.5. The SMILES string of the molecule is CC[Si](CC)(CC)OS(=O)(=O)C(C)(C)C(=O)C(C)C. The summed E-state index contributed by atoms with van der Waals surface area (Å²) in [4.78, 5) is 12.1. The van der Waals surface area contributed by atoms with E-state index in [2.05, 4.69) is 0 Å². The quantitative estimate of drug-likeness (QED) is 0.645. The van der Waals surface area contributed by atoms with E-state index in [4.69, 9.17) is 3.87 Å². The molecule has 0 N–H and O–H groups in total. The maximum absolute atomic E-state index is 12.5. The molecule has 0 amide bonds. The first-order valence-corrected chi connectivity index (χ1v) is 10.9. The summed E-state index contributed by atoms with van der Waals surface area (Å²) in [5, 5.41) is 0. The highest BCUT2D eigenvalue weighted by atomic mass is 32.2. The molecule has 0 atom stereocenters. The van der Waals surface area contributed by atoms with E-state index in [0.717, 1.165) is 18.1 Å². The summed E-state index contributed by atoms with van der Waals surface area (Å²) < 4.78 is 29.1. The highest BCUT2D eigenvalue weighted by Gasteiger charge is 2.47. The molecule has 0 aliphatic carbocycles. The van der Waals surface area contributed by atoms with Crippen LogP contribution < -0.4 is 0 Å². The number of carbonyl (C=O) groups is 1. The summed E-state index contributed by atoms with van der Waals surface area (Å²) in [5.74, 6) is -0.618. The normalized spacial score (nSPS) is 13.9. The highest BCUT2D eigenvalue weighted by molar-refractivity contribution is 7.90. The van der Waals surface area contributed by atoms with E-state index in [-0.39, 0.29) is 11.7 Å². The molecule has 0 fully saturated rings. The Hall–Kier alpha value is -0.203. The van der Waals surface area contributed by atoms with Crippen molar-refractivity contribution in [2.24, 2.45) is 5.92 Å². The van der Waals surface area contributed by atoms with E-state index in [1.165, 1.54) is 13.8 Å². The van der Waals surface area contributed by atoms with Gasteiger partial charge in [-0.2, -0.15) is 8.42 Å². The van der Waals surface area contributed by atoms with Crippen LogP contribution in [-0.4, -0.2) is 27.3 Å². The van der Waals surface area contributed by atoms with Crippen molar-refractivity contribution in [2.45, 2.75) is 71.3 Å². The van der Waals surface area contributed by atoms with Crippen LogP contribution in [0.5, 0.6) is 0 Å². The third kappa shape index (κ3) is 3.89. The van der Waals surface area contributed by atoms with Crippen LogP contribution in [0.1, 0.15) is 48.5 Å². The van der Waals surface area contributed by atoms with E-state index in [0.29, 0.717) is 0 Å². The minimum atomic E-state index is -3.89. The van der Waals surface area contributed by atoms with Gasteiger partial charge in [0.25, 0.3) is 10.1 Å². The fourth-order valence-corrected chi connectivity index (χ4v) is 8.17. The molecule has 0 aliphatic heterocycles. The molecule has 19 heavy (non-hydrogen) atoms. The van der Waals surface area contributed by atoms with E-state index < -0.39 is 23.2 Å². The molecule has 0 heterocycles. The Morgan fingerprint density at radius 3 is 1.74 bits per heavy atom. The van der Waals surface area contributed by atoms with Gasteiger partial charge in [0.2, 0.25) is 8.32 Å². The van der Waals surface area contributed by atoms with Gasteiger partial charge in [-0.15, -0.1) is 0 Å². The number of hydrogen-bond acceptors (Lipinski definition) is 4. The lowest BCUT2D eigenvalue weighted by Gasteiger charge is -2.32. The summed E-state index contributed by atoms with van der Waals surface area (Å²) in [7, 11) is -6.17. The first-order chi connectivity index (χ1) is 8.49. The average Bonchev–Trinajstić information content (AvgIpc) is 2.34. The lowest BCUT2D eigenvalue weighted by atomic mass is 9.98. The Kier molecular flexibility index (Phi) is 6.43. The number of ketones is 1. The maximum Gasteiger partial charge on any atom is 0.270 e. The molecule has 0 unspecified atom stereocenters. The van der Waals surface area contributed by atoms with Gasteiger partial charge in [0.1, 0.15) is 4.75 Å². The first-order valence-electron chi connectivity index (χ1n) is 6.99. The van der Waals surface area contributed by atoms with Crippen LogP contribution in [0.4, 0.5) is 0 Å². The summed E-state index contributed by atoms with van der Waals surface area (Å²) in [6.07, 6.45) is 0. The largest absolute Gasteiger partial charge is 0.314 e. The number of carbonyl (C=O) groups excluding carboxylic acids is 1. The zero-order valence-electron chi connectivity index (χ0n) is 13.2. The van der Waals surface area contributed by atoms with Gasteiger partial charge in [0.05, 0.1) is 0 Å². The molecule has 0 bridgehead atoms. The fraction of sp³-hybridized carbons (Fsp3) is 0.923. The second-order valence-electron chi connectivity index (χ2n) is 5.81. The van der Waals surface area contributed by atoms with E-state index >= 15 is 0 Å². The molecular formula is C13H28O4SSi. The average molecular weight is 309 g/mol. The van der Waals surface area contributed by atoms with E-state index in [9.17, 15) is 13.2 Å². The Morgan fingerprint density at radius 1 is 1.11 bits per heavy atom. The molecule has 0 saturated heterocycles. The second-order valence-corrected chi connectivity index (χ2v) is 12.9. The van der Waals surface area contributed by atoms with Crippen LogP contribution in [0.2, 0.25) is 18.1 Å². The summed E-state index contributed by atoms with van der Waals surface area (Å²) in [6.45, 7) is 12.2. The summed E-state index contributed by atoms with van der Waals surface area (Å²) in [5.41, 5.74) is 0. The standard InChI is InChI=1S/C13H28O4SSi/c1-8-19(9-2,10-3)17-18(15,16)13(6,7)12(14)11(4)5/h11H,8-10H2,1-7H3. The minimum Gasteiger partial charge on any atom is -0.314 e. The van der Waals surface area contributed by atoms with Crippen molar-refractivity contribution in [2.75, 3.05) is 0 Å². The van der Waals surface area contributed by atoms with Crippen molar-refractivity contribution < 1.29 is 17.1 Å². The van der Waals surface area contributed by atoms with Crippen LogP contribution in [0.15, 0.2) is 0 Å². The lowest BCUT2D eigenvalue weighted by molar-refractivity contribution is -0.123. The van der Waals surface area contributed by atoms with Gasteiger partial charge >= 0.3 is 0 Å². The topological polar surface area (TPSA) is 60.4 Å². The summed E-state index contributed by atoms with van der Waals surface area (Å²) >= 11 is 0. The highest BCUT2D eigenvalue weighted by Crippen LogP contribution is 2.31. The van der Waals surface area contributed by atoms with Crippen LogP contribution in [0, 0.1) is 5.92 Å². The van der Waals surface area contributed by atoms with Crippen molar-refractivity contribution in [1.29, 1.82) is 0 Å². The zero-order chi connectivity index (χ0) is 15.5. The Labute approximate surface area is 119 Å². The molecule has 0 aliphatic rings. The van der Waals surface area contributed by atoms with Gasteiger partial charge in [-0.25, -0.2) is 0 Å². The molecule has 0 spiro atoms. The van der Waals surface area contributed by atoms with Gasteiger partial charge < -0.3 is 3.87 Å². The number of rotatable bonds is 8. The van der Waals surface area contributed by atoms with Gasteiger partial charge in [-0.3, -0.25) is 4.79 Å². The van der Waals surface area contributed by atoms with Gasteiger partial charge in [0, 0.05) is 5.92 Å². The van der Waals surface area contributed by atoms with Crippen LogP contribution >= 0.6 is 0 Å². The van der Waals surface area contributed by atoms with Crippen LogP contribution in [-0.2, 0) is 18.8 Å². The first kappa shape index (κ1) is 18.8. The Morgan fingerprint density at radius 2 is 1.47 bits per heavy atom. The molecule has 0 rings (SSSR count). The van der Waals surface area contributed by atoms with Crippen LogP contribution in [0.3, 0.4) is 0 Å². The van der Waals surface area contributed by atoms with E-state index in [1.807, 2.05) is 20.8 Å².